The summed E-state index contributed by atoms with van der Waals surface area (Å²) < 4.78 is 54.7. The average Bonchev–Trinajstić information content (AvgIpc) is 3.36. The van der Waals surface area contributed by atoms with E-state index in [-0.39, 0.29) is 9.96 Å². The molecule has 0 spiro atoms. The minimum atomic E-state index is -4.23. The molecule has 0 amide bonds. The van der Waals surface area contributed by atoms with E-state index in [1.54, 1.807) is 12.5 Å². The van der Waals surface area contributed by atoms with Crippen molar-refractivity contribution in [3.63, 3.8) is 0 Å². The van der Waals surface area contributed by atoms with E-state index in [1.165, 1.54) is 0 Å². The average molecular weight is 496 g/mol. The van der Waals surface area contributed by atoms with Crippen molar-refractivity contribution in [1.29, 1.82) is 0 Å². The van der Waals surface area contributed by atoms with E-state index < -0.39 is 20.0 Å². The highest BCUT2D eigenvalue weighted by molar-refractivity contribution is 8.05. The second-order valence-electron chi connectivity index (χ2n) is 8.20. The molecule has 1 N–H and O–H groups in total. The van der Waals surface area contributed by atoms with Gasteiger partial charge in [-0.05, 0) is 36.0 Å². The van der Waals surface area contributed by atoms with Gasteiger partial charge in [-0.15, -0.1) is 15.5 Å². The first kappa shape index (κ1) is 24.6. The Bertz CT molecular complexity index is 1230. The van der Waals surface area contributed by atoms with Crippen molar-refractivity contribution >= 4 is 31.4 Å². The van der Waals surface area contributed by atoms with Crippen LogP contribution in [0.4, 0.5) is 0 Å². The van der Waals surface area contributed by atoms with Gasteiger partial charge in [0.25, 0.3) is 10.0 Å². The third kappa shape index (κ3) is 6.50. The third-order valence-corrected chi connectivity index (χ3v) is 10.1. The maximum Gasteiger partial charge on any atom is 0.263 e. The summed E-state index contributed by atoms with van der Waals surface area (Å²) in [5.41, 5.74) is 2.31. The number of imidazole rings is 1. The zero-order chi connectivity index (χ0) is 23.4. The number of unbranched alkanes of at least 4 members (excludes halogenated alkanes) is 1. The Balaban J connectivity index is 1.95. The van der Waals surface area contributed by atoms with Crippen LogP contribution in [-0.4, -0.2) is 32.1 Å². The molecule has 0 aliphatic rings. The topological polar surface area (TPSA) is 98.1 Å². The molecule has 0 bridgehead atoms. The van der Waals surface area contributed by atoms with Gasteiger partial charge in [-0.3, -0.25) is 0 Å². The Hall–Kier alpha value is -2.01. The first-order valence-electron chi connectivity index (χ1n) is 10.5. The van der Waals surface area contributed by atoms with Gasteiger partial charge >= 0.3 is 0 Å². The number of benzene rings is 1. The fourth-order valence-electron chi connectivity index (χ4n) is 3.29. The van der Waals surface area contributed by atoms with Crippen LogP contribution in [0.3, 0.4) is 0 Å². The lowest BCUT2D eigenvalue weighted by Crippen LogP contribution is -2.32. The van der Waals surface area contributed by atoms with Crippen LogP contribution in [0.15, 0.2) is 53.3 Å². The molecule has 0 saturated heterocycles. The number of nitrogens with zero attached hydrogens (tertiary/aromatic N) is 2. The lowest BCUT2D eigenvalue weighted by molar-refractivity contribution is 0.576. The molecule has 2 aromatic heterocycles. The van der Waals surface area contributed by atoms with Crippen LogP contribution in [-0.2, 0) is 33.0 Å². The lowest BCUT2D eigenvalue weighted by Gasteiger charge is -2.09. The van der Waals surface area contributed by atoms with E-state index >= 15 is 0 Å². The predicted octanol–water partition coefficient (Wildman–Crippen LogP) is 4.27. The van der Waals surface area contributed by atoms with Crippen LogP contribution < -0.4 is 4.13 Å². The van der Waals surface area contributed by atoms with E-state index in [9.17, 15) is 16.8 Å². The Morgan fingerprint density at radius 1 is 1.12 bits per heavy atom. The van der Waals surface area contributed by atoms with Gasteiger partial charge in [0.2, 0.25) is 10.0 Å². The molecule has 3 aromatic rings. The summed E-state index contributed by atoms with van der Waals surface area (Å²) in [4.78, 5) is 4.94. The van der Waals surface area contributed by atoms with E-state index in [2.05, 4.69) is 18.8 Å². The molecule has 7 nitrogen and oxygen atoms in total. The quantitative estimate of drug-likeness (QED) is 0.428. The van der Waals surface area contributed by atoms with Crippen LogP contribution in [0.25, 0.3) is 11.1 Å². The van der Waals surface area contributed by atoms with E-state index in [1.807, 2.05) is 52.1 Å². The first-order chi connectivity index (χ1) is 15.1. The minimum Gasteiger partial charge on any atom is -0.333 e. The minimum absolute atomic E-state index is 0.0376. The normalized spacial score (nSPS) is 12.5. The molecule has 174 valence electrons. The smallest absolute Gasteiger partial charge is 0.263 e. The number of nitrogens with one attached hydrogen (secondary N) is 1. The van der Waals surface area contributed by atoms with Gasteiger partial charge in [0.15, 0.2) is 0 Å². The SMILES string of the molecule is CCCCS(=O)(=O)NS(=O)(=O)c1sc(CC(C)C)cc1-c1ccc(Cn2ccnc2)cc1. The second kappa shape index (κ2) is 10.3. The molecular formula is C22H29N3O4S3. The van der Waals surface area contributed by atoms with Crippen molar-refractivity contribution in [2.24, 2.45) is 5.92 Å². The molecule has 10 heteroatoms. The highest BCUT2D eigenvalue weighted by Crippen LogP contribution is 2.36. The van der Waals surface area contributed by atoms with Crippen molar-refractivity contribution in [3.05, 3.63) is 59.5 Å². The van der Waals surface area contributed by atoms with E-state index in [0.29, 0.717) is 37.3 Å². The molecule has 0 fully saturated rings. The van der Waals surface area contributed by atoms with Crippen LogP contribution in [0.5, 0.6) is 0 Å². The summed E-state index contributed by atoms with van der Waals surface area (Å²) in [7, 11) is -8.16. The number of sulfonamides is 2. The highest BCUT2D eigenvalue weighted by atomic mass is 32.3. The van der Waals surface area contributed by atoms with Crippen LogP contribution in [0.2, 0.25) is 0 Å². The van der Waals surface area contributed by atoms with Crippen molar-refractivity contribution < 1.29 is 16.8 Å². The molecule has 32 heavy (non-hydrogen) atoms. The molecule has 1 aromatic carbocycles. The van der Waals surface area contributed by atoms with Crippen molar-refractivity contribution in [1.82, 2.24) is 13.7 Å². The van der Waals surface area contributed by atoms with Gasteiger partial charge in [-0.2, -0.15) is 0 Å². The Kier molecular flexibility index (Phi) is 7.92. The Morgan fingerprint density at radius 2 is 1.84 bits per heavy atom. The molecular weight excluding hydrogens is 466 g/mol. The Labute approximate surface area is 194 Å². The second-order valence-corrected chi connectivity index (χ2v) is 13.3. The Morgan fingerprint density at radius 3 is 2.44 bits per heavy atom. The fraction of sp³-hybridized carbons (Fsp3) is 0.409. The van der Waals surface area contributed by atoms with E-state index in [4.69, 9.17) is 0 Å². The summed E-state index contributed by atoms with van der Waals surface area (Å²) >= 11 is 1.13. The molecule has 0 atom stereocenters. The standard InChI is InChI=1S/C22H29N3O4S3/c1-4-5-12-31(26,27)24-32(28,29)22-21(14-20(30-22)13-17(2)3)19-8-6-18(7-9-19)15-25-11-10-23-16-25/h6-11,14,16-17,24H,4-5,12-13,15H2,1-3H3. The number of aromatic nitrogens is 2. The number of thiophene rings is 1. The molecule has 2 heterocycles. The summed E-state index contributed by atoms with van der Waals surface area (Å²) in [6.07, 6.45) is 7.11. The van der Waals surface area contributed by atoms with Crippen LogP contribution >= 0.6 is 11.3 Å². The lowest BCUT2D eigenvalue weighted by atomic mass is 10.0. The molecule has 0 unspecified atom stereocenters. The van der Waals surface area contributed by atoms with Crippen molar-refractivity contribution in [2.75, 3.05) is 5.75 Å². The van der Waals surface area contributed by atoms with Gasteiger partial charge in [0.05, 0.1) is 12.1 Å². The molecule has 0 aliphatic heterocycles. The highest BCUT2D eigenvalue weighted by Gasteiger charge is 2.28. The van der Waals surface area contributed by atoms with Crippen molar-refractivity contribution in [2.45, 2.75) is 50.8 Å². The number of hydrogen-bond donors (Lipinski definition) is 1. The summed E-state index contributed by atoms with van der Waals surface area (Å²) in [6, 6.07) is 9.49. The maximum atomic E-state index is 13.1. The monoisotopic (exact) mass is 495 g/mol. The number of hydrogen-bond acceptors (Lipinski definition) is 6. The molecule has 3 rings (SSSR count). The zero-order valence-corrected chi connectivity index (χ0v) is 20.9. The summed E-state index contributed by atoms with van der Waals surface area (Å²) in [6.45, 7) is 6.64. The summed E-state index contributed by atoms with van der Waals surface area (Å²) in [5, 5.41) is 0. The van der Waals surface area contributed by atoms with Crippen molar-refractivity contribution in [3.8, 4) is 11.1 Å². The van der Waals surface area contributed by atoms with Gasteiger partial charge in [-0.25, -0.2) is 21.8 Å². The van der Waals surface area contributed by atoms with E-state index in [0.717, 1.165) is 27.3 Å². The van der Waals surface area contributed by atoms with Crippen LogP contribution in [0, 0.1) is 5.92 Å². The maximum absolute atomic E-state index is 13.1. The van der Waals surface area contributed by atoms with Gasteiger partial charge in [-0.1, -0.05) is 51.5 Å². The fourth-order valence-corrected chi connectivity index (χ4v) is 8.58. The number of rotatable bonds is 11. The molecule has 0 saturated carbocycles. The van der Waals surface area contributed by atoms with Crippen LogP contribution in [0.1, 0.15) is 44.1 Å². The van der Waals surface area contributed by atoms with Gasteiger partial charge < -0.3 is 4.57 Å². The first-order valence-corrected chi connectivity index (χ1v) is 14.5. The zero-order valence-electron chi connectivity index (χ0n) is 18.5. The van der Waals surface area contributed by atoms with Gasteiger partial charge in [0.1, 0.15) is 4.21 Å². The molecule has 0 aliphatic carbocycles. The third-order valence-electron chi connectivity index (χ3n) is 4.80. The van der Waals surface area contributed by atoms with Gasteiger partial charge in [0, 0.05) is 29.4 Å². The summed E-state index contributed by atoms with van der Waals surface area (Å²) in [5.74, 6) is 0.126. The molecule has 0 radical (unpaired) electrons. The predicted molar refractivity (Wildman–Crippen MR) is 129 cm³/mol. The largest absolute Gasteiger partial charge is 0.333 e.